The van der Waals surface area contributed by atoms with Crippen molar-refractivity contribution < 1.29 is 14.3 Å². The van der Waals surface area contributed by atoms with Crippen molar-refractivity contribution in [2.45, 2.75) is 6.92 Å². The smallest absolute Gasteiger partial charge is 0.357 e. The molecule has 0 amide bonds. The van der Waals surface area contributed by atoms with E-state index in [1.807, 2.05) is 79.7 Å². The van der Waals surface area contributed by atoms with E-state index in [9.17, 15) is 4.79 Å². The van der Waals surface area contributed by atoms with Gasteiger partial charge in [0.1, 0.15) is 18.1 Å². The van der Waals surface area contributed by atoms with Gasteiger partial charge in [0.25, 0.3) is 0 Å². The van der Waals surface area contributed by atoms with Crippen LogP contribution < -0.4 is 4.74 Å². The van der Waals surface area contributed by atoms with Gasteiger partial charge < -0.3 is 9.47 Å². The fourth-order valence-corrected chi connectivity index (χ4v) is 2.54. The van der Waals surface area contributed by atoms with Crippen LogP contribution in [-0.2, 0) is 4.74 Å². The Kier molecular flexibility index (Phi) is 6.36. The lowest BCUT2D eigenvalue weighted by Crippen LogP contribution is -2.07. The highest BCUT2D eigenvalue weighted by molar-refractivity contribution is 5.88. The van der Waals surface area contributed by atoms with Crippen molar-refractivity contribution in [2.24, 2.45) is 0 Å². The molecule has 0 atom stereocenters. The molecule has 0 aliphatic rings. The maximum Gasteiger partial charge on any atom is 0.357 e. The van der Waals surface area contributed by atoms with Crippen LogP contribution in [0.25, 0.3) is 17.3 Å². The molecule has 1 aromatic heterocycles. The number of carbonyl (C=O) groups excluding carboxylic acids is 1. The monoisotopic (exact) mass is 359 g/mol. The Morgan fingerprint density at radius 2 is 1.74 bits per heavy atom. The molecule has 0 aliphatic carbocycles. The van der Waals surface area contributed by atoms with Gasteiger partial charge in [0.15, 0.2) is 0 Å². The van der Waals surface area contributed by atoms with Crippen molar-refractivity contribution >= 4 is 12.0 Å². The Hall–Kier alpha value is -3.40. The predicted octanol–water partition coefficient (Wildman–Crippen LogP) is 5.02. The van der Waals surface area contributed by atoms with Gasteiger partial charge in [-0.2, -0.15) is 0 Å². The molecule has 0 saturated carbocycles. The zero-order chi connectivity index (χ0) is 18.9. The molecule has 0 saturated heterocycles. The maximum atomic E-state index is 12.2. The molecule has 0 N–H and O–H groups in total. The van der Waals surface area contributed by atoms with Gasteiger partial charge in [-0.15, -0.1) is 0 Å². The van der Waals surface area contributed by atoms with Crippen molar-refractivity contribution in [1.29, 1.82) is 0 Å². The van der Waals surface area contributed by atoms with Crippen molar-refractivity contribution in [3.8, 4) is 17.0 Å². The Bertz CT molecular complexity index is 902. The molecule has 1 heterocycles. The van der Waals surface area contributed by atoms with Gasteiger partial charge >= 0.3 is 5.97 Å². The Balaban J connectivity index is 1.62. The van der Waals surface area contributed by atoms with E-state index in [0.717, 1.165) is 16.9 Å². The number of carbonyl (C=O) groups is 1. The average molecular weight is 359 g/mol. The second-order valence-electron chi connectivity index (χ2n) is 5.78. The third kappa shape index (κ3) is 5.28. The van der Waals surface area contributed by atoms with Crippen LogP contribution in [0.3, 0.4) is 0 Å². The number of pyridine rings is 1. The van der Waals surface area contributed by atoms with E-state index in [1.54, 1.807) is 12.1 Å². The summed E-state index contributed by atoms with van der Waals surface area (Å²) in [6.07, 6.45) is 3.72. The van der Waals surface area contributed by atoms with E-state index in [2.05, 4.69) is 4.98 Å². The topological polar surface area (TPSA) is 48.4 Å². The van der Waals surface area contributed by atoms with Crippen molar-refractivity contribution in [2.75, 3.05) is 13.2 Å². The van der Waals surface area contributed by atoms with E-state index < -0.39 is 5.97 Å². The highest BCUT2D eigenvalue weighted by Crippen LogP contribution is 2.21. The number of rotatable bonds is 7. The second kappa shape index (κ2) is 9.34. The standard InChI is InChI=1S/C23H21NO3/c1-2-26-20-15-13-19(14-16-20)21-11-6-12-22(24-21)23(25)27-17-7-10-18-8-4-3-5-9-18/h3-16H,2,17H2,1H3/b10-7+. The van der Waals surface area contributed by atoms with Gasteiger partial charge in [0, 0.05) is 5.56 Å². The molecule has 136 valence electrons. The normalized spacial score (nSPS) is 10.7. The molecule has 3 rings (SSSR count). The van der Waals surface area contributed by atoms with Crippen LogP contribution in [0, 0.1) is 0 Å². The predicted molar refractivity (Wildman–Crippen MR) is 107 cm³/mol. The van der Waals surface area contributed by atoms with E-state index >= 15 is 0 Å². The van der Waals surface area contributed by atoms with Crippen LogP contribution in [0.1, 0.15) is 23.0 Å². The number of benzene rings is 2. The van der Waals surface area contributed by atoms with E-state index in [0.29, 0.717) is 12.3 Å². The fraction of sp³-hybridized carbons (Fsp3) is 0.130. The highest BCUT2D eigenvalue weighted by Gasteiger charge is 2.10. The molecule has 0 spiro atoms. The third-order valence-corrected chi connectivity index (χ3v) is 3.84. The zero-order valence-corrected chi connectivity index (χ0v) is 15.2. The van der Waals surface area contributed by atoms with Crippen LogP contribution in [0.15, 0.2) is 78.9 Å². The molecular formula is C23H21NO3. The first-order valence-electron chi connectivity index (χ1n) is 8.85. The maximum absolute atomic E-state index is 12.2. The summed E-state index contributed by atoms with van der Waals surface area (Å²) in [5.74, 6) is 0.363. The Morgan fingerprint density at radius 3 is 2.48 bits per heavy atom. The summed E-state index contributed by atoms with van der Waals surface area (Å²) in [5.41, 5.74) is 2.98. The van der Waals surface area contributed by atoms with Gasteiger partial charge in [-0.25, -0.2) is 9.78 Å². The lowest BCUT2D eigenvalue weighted by atomic mass is 10.1. The Labute approximate surface area is 159 Å². The minimum Gasteiger partial charge on any atom is -0.494 e. The lowest BCUT2D eigenvalue weighted by Gasteiger charge is -2.06. The summed E-state index contributed by atoms with van der Waals surface area (Å²) in [6, 6.07) is 22.8. The molecule has 27 heavy (non-hydrogen) atoms. The average Bonchev–Trinajstić information content (AvgIpc) is 2.73. The van der Waals surface area contributed by atoms with Gasteiger partial charge in [-0.3, -0.25) is 0 Å². The molecule has 0 fully saturated rings. The van der Waals surface area contributed by atoms with Crippen LogP contribution in [0.5, 0.6) is 5.75 Å². The molecule has 0 bridgehead atoms. The van der Waals surface area contributed by atoms with Crippen molar-refractivity contribution in [3.05, 3.63) is 90.1 Å². The number of aromatic nitrogens is 1. The van der Waals surface area contributed by atoms with Gasteiger partial charge in [-0.1, -0.05) is 42.5 Å². The third-order valence-electron chi connectivity index (χ3n) is 3.84. The molecule has 2 aromatic carbocycles. The number of nitrogens with zero attached hydrogens (tertiary/aromatic N) is 1. The van der Waals surface area contributed by atoms with Gasteiger partial charge in [0.2, 0.25) is 0 Å². The molecule has 4 heteroatoms. The first kappa shape index (κ1) is 18.4. The van der Waals surface area contributed by atoms with Crippen LogP contribution in [0.2, 0.25) is 0 Å². The zero-order valence-electron chi connectivity index (χ0n) is 15.2. The number of hydrogen-bond acceptors (Lipinski definition) is 4. The van der Waals surface area contributed by atoms with E-state index in [1.165, 1.54) is 0 Å². The molecular weight excluding hydrogens is 338 g/mol. The minimum absolute atomic E-state index is 0.197. The van der Waals surface area contributed by atoms with E-state index in [-0.39, 0.29) is 12.3 Å². The summed E-state index contributed by atoms with van der Waals surface area (Å²) in [4.78, 5) is 16.7. The minimum atomic E-state index is -0.444. The highest BCUT2D eigenvalue weighted by atomic mass is 16.5. The number of hydrogen-bond donors (Lipinski definition) is 0. The first-order valence-corrected chi connectivity index (χ1v) is 8.85. The molecule has 0 radical (unpaired) electrons. The summed E-state index contributed by atoms with van der Waals surface area (Å²) >= 11 is 0. The van der Waals surface area contributed by atoms with Gasteiger partial charge in [-0.05, 0) is 55.0 Å². The van der Waals surface area contributed by atoms with Crippen molar-refractivity contribution in [1.82, 2.24) is 4.98 Å². The molecule has 4 nitrogen and oxygen atoms in total. The summed E-state index contributed by atoms with van der Waals surface area (Å²) in [6.45, 7) is 2.76. The lowest BCUT2D eigenvalue weighted by molar-refractivity contribution is 0.0543. The Morgan fingerprint density at radius 1 is 0.963 bits per heavy atom. The second-order valence-corrected chi connectivity index (χ2v) is 5.78. The summed E-state index contributed by atoms with van der Waals surface area (Å²) in [7, 11) is 0. The quantitative estimate of drug-likeness (QED) is 0.556. The molecule has 0 aliphatic heterocycles. The fourth-order valence-electron chi connectivity index (χ4n) is 2.54. The van der Waals surface area contributed by atoms with Crippen LogP contribution >= 0.6 is 0 Å². The number of ether oxygens (including phenoxy) is 2. The van der Waals surface area contributed by atoms with Gasteiger partial charge in [0.05, 0.1) is 12.3 Å². The summed E-state index contributed by atoms with van der Waals surface area (Å²) < 4.78 is 10.7. The number of esters is 1. The van der Waals surface area contributed by atoms with Crippen molar-refractivity contribution in [3.63, 3.8) is 0 Å². The summed E-state index contributed by atoms with van der Waals surface area (Å²) in [5, 5.41) is 0. The largest absolute Gasteiger partial charge is 0.494 e. The SMILES string of the molecule is CCOc1ccc(-c2cccc(C(=O)OC/C=C/c3ccccc3)n2)cc1. The first-order chi connectivity index (χ1) is 13.3. The van der Waals surface area contributed by atoms with Crippen LogP contribution in [-0.4, -0.2) is 24.2 Å². The molecule has 3 aromatic rings. The molecule has 0 unspecified atom stereocenters. The van der Waals surface area contributed by atoms with E-state index in [4.69, 9.17) is 9.47 Å². The van der Waals surface area contributed by atoms with Crippen LogP contribution in [0.4, 0.5) is 0 Å².